The van der Waals surface area contributed by atoms with Crippen molar-refractivity contribution in [3.8, 4) is 28.6 Å². The van der Waals surface area contributed by atoms with Crippen LogP contribution in [0.1, 0.15) is 5.56 Å². The number of anilines is 1. The Labute approximate surface area is 156 Å². The van der Waals surface area contributed by atoms with Crippen molar-refractivity contribution in [1.29, 1.82) is 0 Å². The van der Waals surface area contributed by atoms with E-state index in [1.165, 1.54) is 0 Å². The fraction of sp³-hybridized carbons (Fsp3) is 0.100. The highest BCUT2D eigenvalue weighted by molar-refractivity contribution is 5.60. The number of hydrogen-bond acceptors (Lipinski definition) is 7. The van der Waals surface area contributed by atoms with Crippen molar-refractivity contribution in [1.82, 2.24) is 20.1 Å². The lowest BCUT2D eigenvalue weighted by Gasteiger charge is -2.05. The SMILES string of the molecule is COc1ccc(-c2noc(-c3ccc(NCc4ccncc4)nc3)n2)cc1. The minimum absolute atomic E-state index is 0.425. The van der Waals surface area contributed by atoms with Gasteiger partial charge in [-0.25, -0.2) is 4.98 Å². The van der Waals surface area contributed by atoms with Crippen LogP contribution in [0.4, 0.5) is 5.82 Å². The topological polar surface area (TPSA) is 86.0 Å². The molecule has 0 saturated heterocycles. The van der Waals surface area contributed by atoms with Crippen LogP contribution in [-0.2, 0) is 6.54 Å². The first-order chi connectivity index (χ1) is 13.3. The third kappa shape index (κ3) is 3.92. The van der Waals surface area contributed by atoms with Crippen molar-refractivity contribution >= 4 is 5.82 Å². The molecule has 4 aromatic rings. The van der Waals surface area contributed by atoms with Crippen molar-refractivity contribution in [3.63, 3.8) is 0 Å². The Morgan fingerprint density at radius 1 is 0.963 bits per heavy atom. The number of aromatic nitrogens is 4. The second-order valence-electron chi connectivity index (χ2n) is 5.79. The molecule has 0 aliphatic heterocycles. The van der Waals surface area contributed by atoms with Crippen molar-refractivity contribution in [2.75, 3.05) is 12.4 Å². The molecule has 3 aromatic heterocycles. The number of rotatable bonds is 6. The first-order valence-corrected chi connectivity index (χ1v) is 8.39. The molecule has 0 atom stereocenters. The monoisotopic (exact) mass is 359 g/mol. The van der Waals surface area contributed by atoms with E-state index in [4.69, 9.17) is 9.26 Å². The zero-order valence-corrected chi connectivity index (χ0v) is 14.7. The highest BCUT2D eigenvalue weighted by atomic mass is 16.5. The van der Waals surface area contributed by atoms with Gasteiger partial charge in [-0.15, -0.1) is 0 Å². The molecular weight excluding hydrogens is 342 g/mol. The molecule has 4 rings (SSSR count). The summed E-state index contributed by atoms with van der Waals surface area (Å²) in [6, 6.07) is 15.2. The molecule has 0 radical (unpaired) electrons. The van der Waals surface area contributed by atoms with Crippen LogP contribution in [0.3, 0.4) is 0 Å². The van der Waals surface area contributed by atoms with Gasteiger partial charge in [0.1, 0.15) is 11.6 Å². The van der Waals surface area contributed by atoms with E-state index in [1.54, 1.807) is 25.7 Å². The minimum Gasteiger partial charge on any atom is -0.497 e. The number of benzene rings is 1. The lowest BCUT2D eigenvalue weighted by Crippen LogP contribution is -2.01. The van der Waals surface area contributed by atoms with E-state index < -0.39 is 0 Å². The van der Waals surface area contributed by atoms with Gasteiger partial charge in [-0.1, -0.05) is 5.16 Å². The molecule has 27 heavy (non-hydrogen) atoms. The van der Waals surface area contributed by atoms with Crippen molar-refractivity contribution < 1.29 is 9.26 Å². The number of pyridine rings is 2. The van der Waals surface area contributed by atoms with Gasteiger partial charge in [0.25, 0.3) is 5.89 Å². The molecule has 0 saturated carbocycles. The van der Waals surface area contributed by atoms with Gasteiger partial charge in [0, 0.05) is 30.7 Å². The maximum atomic E-state index is 5.37. The summed E-state index contributed by atoms with van der Waals surface area (Å²) >= 11 is 0. The highest BCUT2D eigenvalue weighted by Gasteiger charge is 2.11. The molecule has 7 nitrogen and oxygen atoms in total. The molecule has 0 bridgehead atoms. The number of ether oxygens (including phenoxy) is 1. The van der Waals surface area contributed by atoms with E-state index in [9.17, 15) is 0 Å². The predicted octanol–water partition coefficient (Wildman–Crippen LogP) is 3.81. The van der Waals surface area contributed by atoms with Gasteiger partial charge < -0.3 is 14.6 Å². The molecule has 1 N–H and O–H groups in total. The summed E-state index contributed by atoms with van der Waals surface area (Å²) in [4.78, 5) is 12.9. The third-order valence-electron chi connectivity index (χ3n) is 4.01. The summed E-state index contributed by atoms with van der Waals surface area (Å²) in [7, 11) is 1.63. The quantitative estimate of drug-likeness (QED) is 0.560. The van der Waals surface area contributed by atoms with Gasteiger partial charge in [0.05, 0.1) is 12.7 Å². The predicted molar refractivity (Wildman–Crippen MR) is 101 cm³/mol. The van der Waals surface area contributed by atoms with E-state index in [-0.39, 0.29) is 0 Å². The zero-order chi connectivity index (χ0) is 18.5. The summed E-state index contributed by atoms with van der Waals surface area (Å²) < 4.78 is 10.5. The van der Waals surface area contributed by atoms with Crippen LogP contribution in [0.5, 0.6) is 5.75 Å². The Kier molecular flexibility index (Phi) is 4.74. The van der Waals surface area contributed by atoms with Crippen LogP contribution in [0, 0.1) is 0 Å². The Morgan fingerprint density at radius 3 is 2.44 bits per heavy atom. The third-order valence-corrected chi connectivity index (χ3v) is 4.01. The molecule has 0 spiro atoms. The molecule has 0 fully saturated rings. The molecule has 134 valence electrons. The second kappa shape index (κ2) is 7.65. The first-order valence-electron chi connectivity index (χ1n) is 8.39. The van der Waals surface area contributed by atoms with Crippen LogP contribution < -0.4 is 10.1 Å². The number of nitrogens with zero attached hydrogens (tertiary/aromatic N) is 4. The van der Waals surface area contributed by atoms with Gasteiger partial charge in [0.2, 0.25) is 5.82 Å². The summed E-state index contributed by atoms with van der Waals surface area (Å²) in [6.07, 6.45) is 5.24. The Hall–Kier alpha value is -3.74. The van der Waals surface area contributed by atoms with Gasteiger partial charge >= 0.3 is 0 Å². The molecule has 3 heterocycles. The molecule has 0 aliphatic rings. The van der Waals surface area contributed by atoms with Crippen LogP contribution >= 0.6 is 0 Å². The van der Waals surface area contributed by atoms with Crippen LogP contribution in [-0.4, -0.2) is 27.2 Å². The van der Waals surface area contributed by atoms with Crippen molar-refractivity contribution in [2.24, 2.45) is 0 Å². The maximum absolute atomic E-state index is 5.37. The number of nitrogens with one attached hydrogen (secondary N) is 1. The average molecular weight is 359 g/mol. The van der Waals surface area contributed by atoms with Gasteiger partial charge in [-0.05, 0) is 54.1 Å². The van der Waals surface area contributed by atoms with Crippen LogP contribution in [0.2, 0.25) is 0 Å². The molecule has 0 amide bonds. The summed E-state index contributed by atoms with van der Waals surface area (Å²) in [6.45, 7) is 0.678. The van der Waals surface area contributed by atoms with Crippen molar-refractivity contribution in [3.05, 3.63) is 72.7 Å². The fourth-order valence-electron chi connectivity index (χ4n) is 2.52. The first kappa shape index (κ1) is 16.7. The normalized spacial score (nSPS) is 10.6. The summed E-state index contributed by atoms with van der Waals surface area (Å²) in [5.41, 5.74) is 2.75. The van der Waals surface area contributed by atoms with Crippen molar-refractivity contribution in [2.45, 2.75) is 6.54 Å². The van der Waals surface area contributed by atoms with E-state index in [2.05, 4.69) is 25.4 Å². The summed E-state index contributed by atoms with van der Waals surface area (Å²) in [5, 5.41) is 7.30. The Bertz CT molecular complexity index is 999. The van der Waals surface area contributed by atoms with E-state index in [0.717, 1.165) is 28.3 Å². The maximum Gasteiger partial charge on any atom is 0.259 e. The molecular formula is C20H17N5O2. The smallest absolute Gasteiger partial charge is 0.259 e. The minimum atomic E-state index is 0.425. The second-order valence-corrected chi connectivity index (χ2v) is 5.79. The molecule has 0 unspecified atom stereocenters. The number of methoxy groups -OCH3 is 1. The van der Waals surface area contributed by atoms with Crippen LogP contribution in [0.25, 0.3) is 22.8 Å². The zero-order valence-electron chi connectivity index (χ0n) is 14.7. The molecule has 7 heteroatoms. The van der Waals surface area contributed by atoms with Gasteiger partial charge in [-0.2, -0.15) is 4.98 Å². The van der Waals surface area contributed by atoms with E-state index in [0.29, 0.717) is 18.3 Å². The van der Waals surface area contributed by atoms with E-state index in [1.807, 2.05) is 48.5 Å². The Balaban J connectivity index is 1.45. The summed E-state index contributed by atoms with van der Waals surface area (Å²) in [5.74, 6) is 2.49. The molecule has 1 aromatic carbocycles. The lowest BCUT2D eigenvalue weighted by atomic mass is 10.2. The molecule has 0 aliphatic carbocycles. The largest absolute Gasteiger partial charge is 0.497 e. The van der Waals surface area contributed by atoms with Gasteiger partial charge in [-0.3, -0.25) is 4.98 Å². The highest BCUT2D eigenvalue weighted by Crippen LogP contribution is 2.24. The van der Waals surface area contributed by atoms with Crippen LogP contribution in [0.15, 0.2) is 71.6 Å². The van der Waals surface area contributed by atoms with Gasteiger partial charge in [0.15, 0.2) is 0 Å². The van der Waals surface area contributed by atoms with E-state index >= 15 is 0 Å². The number of hydrogen-bond donors (Lipinski definition) is 1. The average Bonchev–Trinajstić information content (AvgIpc) is 3.24. The lowest BCUT2D eigenvalue weighted by molar-refractivity contribution is 0.415. The Morgan fingerprint density at radius 2 is 1.74 bits per heavy atom. The standard InChI is InChI=1S/C20H17N5O2/c1-26-17-5-2-15(3-6-17)19-24-20(27-25-19)16-4-7-18(23-13-16)22-12-14-8-10-21-11-9-14/h2-11,13H,12H2,1H3,(H,22,23). The fourth-order valence-corrected chi connectivity index (χ4v) is 2.52.